The quantitative estimate of drug-likeness (QED) is 0.558. The van der Waals surface area contributed by atoms with Crippen LogP contribution in [0.2, 0.25) is 0 Å². The van der Waals surface area contributed by atoms with Gasteiger partial charge in [-0.3, -0.25) is 4.79 Å². The minimum atomic E-state index is -0.598. The Kier molecular flexibility index (Phi) is 9.73. The monoisotopic (exact) mass is 283 g/mol. The van der Waals surface area contributed by atoms with Crippen LogP contribution in [0.25, 0.3) is 0 Å². The summed E-state index contributed by atoms with van der Waals surface area (Å²) in [7, 11) is 0. The average molecular weight is 283 g/mol. The molecule has 1 aliphatic carbocycles. The molecule has 0 amide bonds. The molecule has 0 spiro atoms. The highest BCUT2D eigenvalue weighted by Crippen LogP contribution is 2.28. The largest absolute Gasteiger partial charge is 0.481 e. The van der Waals surface area contributed by atoms with Gasteiger partial charge < -0.3 is 10.4 Å². The van der Waals surface area contributed by atoms with Crippen LogP contribution in [0.3, 0.4) is 0 Å². The van der Waals surface area contributed by atoms with Gasteiger partial charge in [-0.15, -0.1) is 0 Å². The third-order valence-electron chi connectivity index (χ3n) is 4.59. The van der Waals surface area contributed by atoms with Crippen molar-refractivity contribution in [1.82, 2.24) is 5.32 Å². The van der Waals surface area contributed by atoms with Gasteiger partial charge in [0.25, 0.3) is 0 Å². The predicted octanol–water partition coefficient (Wildman–Crippen LogP) is 4.22. The highest BCUT2D eigenvalue weighted by Gasteiger charge is 2.25. The Morgan fingerprint density at radius 3 is 2.20 bits per heavy atom. The normalized spacial score (nSPS) is 22.9. The molecule has 0 heterocycles. The number of nitrogens with one attached hydrogen (secondary N) is 1. The van der Waals surface area contributed by atoms with Gasteiger partial charge in [-0.1, -0.05) is 45.4 Å². The van der Waals surface area contributed by atoms with E-state index in [9.17, 15) is 4.79 Å². The zero-order valence-corrected chi connectivity index (χ0v) is 13.2. The Morgan fingerprint density at radius 2 is 1.60 bits per heavy atom. The SMILES string of the molecule is CCCCCCCCCNC[C@H]1CC[C@H](C(=O)O)CC1. The second kappa shape index (κ2) is 11.1. The molecule has 1 aliphatic rings. The molecular formula is C17H33NO2. The van der Waals surface area contributed by atoms with E-state index >= 15 is 0 Å². The van der Waals surface area contributed by atoms with Gasteiger partial charge in [0.2, 0.25) is 0 Å². The van der Waals surface area contributed by atoms with Crippen LogP contribution in [0.5, 0.6) is 0 Å². The summed E-state index contributed by atoms with van der Waals surface area (Å²) in [5.74, 6) is 0.0315. The summed E-state index contributed by atoms with van der Waals surface area (Å²) in [5.41, 5.74) is 0. The van der Waals surface area contributed by atoms with E-state index in [1.54, 1.807) is 0 Å². The minimum Gasteiger partial charge on any atom is -0.481 e. The third-order valence-corrected chi connectivity index (χ3v) is 4.59. The molecule has 2 N–H and O–H groups in total. The summed E-state index contributed by atoms with van der Waals surface area (Å²) in [6, 6.07) is 0. The number of carboxylic acid groups (broad SMARTS) is 1. The molecule has 0 bridgehead atoms. The molecule has 3 nitrogen and oxygen atoms in total. The van der Waals surface area contributed by atoms with Gasteiger partial charge in [-0.25, -0.2) is 0 Å². The fourth-order valence-electron chi connectivity index (χ4n) is 3.13. The number of rotatable bonds is 11. The zero-order valence-electron chi connectivity index (χ0n) is 13.2. The number of carboxylic acids is 1. The highest BCUT2D eigenvalue weighted by molar-refractivity contribution is 5.69. The Labute approximate surface area is 124 Å². The van der Waals surface area contributed by atoms with Crippen LogP contribution in [0, 0.1) is 11.8 Å². The van der Waals surface area contributed by atoms with Crippen molar-refractivity contribution in [2.24, 2.45) is 11.8 Å². The third kappa shape index (κ3) is 7.88. The molecule has 0 unspecified atom stereocenters. The molecule has 0 aromatic heterocycles. The maximum absolute atomic E-state index is 10.9. The molecule has 1 saturated carbocycles. The van der Waals surface area contributed by atoms with E-state index in [1.807, 2.05) is 0 Å². The molecular weight excluding hydrogens is 250 g/mol. The van der Waals surface area contributed by atoms with E-state index in [2.05, 4.69) is 12.2 Å². The van der Waals surface area contributed by atoms with Crippen LogP contribution in [-0.4, -0.2) is 24.2 Å². The minimum absolute atomic E-state index is 0.0747. The van der Waals surface area contributed by atoms with Gasteiger partial charge in [0.1, 0.15) is 0 Å². The van der Waals surface area contributed by atoms with Crippen LogP contribution in [-0.2, 0) is 4.79 Å². The van der Waals surface area contributed by atoms with E-state index in [-0.39, 0.29) is 5.92 Å². The van der Waals surface area contributed by atoms with Crippen LogP contribution < -0.4 is 5.32 Å². The molecule has 20 heavy (non-hydrogen) atoms. The van der Waals surface area contributed by atoms with Crippen molar-refractivity contribution >= 4 is 5.97 Å². The predicted molar refractivity (Wildman–Crippen MR) is 83.9 cm³/mol. The molecule has 0 aliphatic heterocycles. The Morgan fingerprint density at radius 1 is 1.00 bits per heavy atom. The lowest BCUT2D eigenvalue weighted by Crippen LogP contribution is -2.29. The van der Waals surface area contributed by atoms with E-state index in [1.165, 1.54) is 44.9 Å². The standard InChI is InChI=1S/C17H33NO2/c1-2-3-4-5-6-7-8-13-18-14-15-9-11-16(12-10-15)17(19)20/h15-16,18H,2-14H2,1H3,(H,19,20)/t15-,16-. The van der Waals surface area contributed by atoms with E-state index in [4.69, 9.17) is 5.11 Å². The van der Waals surface area contributed by atoms with Crippen molar-refractivity contribution < 1.29 is 9.90 Å². The Hall–Kier alpha value is -0.570. The van der Waals surface area contributed by atoms with Gasteiger partial charge in [0, 0.05) is 0 Å². The molecule has 118 valence electrons. The first kappa shape index (κ1) is 17.5. The van der Waals surface area contributed by atoms with Gasteiger partial charge in [0.15, 0.2) is 0 Å². The second-order valence-corrected chi connectivity index (χ2v) is 6.38. The lowest BCUT2D eigenvalue weighted by Gasteiger charge is -2.26. The lowest BCUT2D eigenvalue weighted by atomic mass is 9.82. The van der Waals surface area contributed by atoms with Crippen molar-refractivity contribution in [2.45, 2.75) is 77.6 Å². The van der Waals surface area contributed by atoms with Crippen LogP contribution in [0.15, 0.2) is 0 Å². The van der Waals surface area contributed by atoms with Crippen molar-refractivity contribution in [1.29, 1.82) is 0 Å². The van der Waals surface area contributed by atoms with Crippen LogP contribution in [0.1, 0.15) is 77.6 Å². The number of hydrogen-bond donors (Lipinski definition) is 2. The summed E-state index contributed by atoms with van der Waals surface area (Å²) in [6.45, 7) is 4.47. The lowest BCUT2D eigenvalue weighted by molar-refractivity contribution is -0.143. The maximum atomic E-state index is 10.9. The average Bonchev–Trinajstić information content (AvgIpc) is 2.46. The fourth-order valence-corrected chi connectivity index (χ4v) is 3.13. The highest BCUT2D eigenvalue weighted by atomic mass is 16.4. The molecule has 0 aromatic carbocycles. The zero-order chi connectivity index (χ0) is 14.6. The first-order chi connectivity index (χ1) is 9.74. The van der Waals surface area contributed by atoms with Crippen LogP contribution in [0.4, 0.5) is 0 Å². The first-order valence-corrected chi connectivity index (χ1v) is 8.67. The van der Waals surface area contributed by atoms with Crippen LogP contribution >= 0.6 is 0 Å². The molecule has 1 rings (SSSR count). The smallest absolute Gasteiger partial charge is 0.306 e. The summed E-state index contributed by atoms with van der Waals surface area (Å²) in [5, 5.41) is 12.5. The van der Waals surface area contributed by atoms with Gasteiger partial charge in [0.05, 0.1) is 5.92 Å². The fraction of sp³-hybridized carbons (Fsp3) is 0.941. The van der Waals surface area contributed by atoms with Crippen molar-refractivity contribution in [3.05, 3.63) is 0 Å². The van der Waals surface area contributed by atoms with Gasteiger partial charge >= 0.3 is 5.97 Å². The molecule has 0 saturated heterocycles. The summed E-state index contributed by atoms with van der Waals surface area (Å²) in [4.78, 5) is 10.9. The molecule has 1 fully saturated rings. The number of aliphatic carboxylic acids is 1. The summed E-state index contributed by atoms with van der Waals surface area (Å²) >= 11 is 0. The van der Waals surface area contributed by atoms with E-state index in [0.29, 0.717) is 5.92 Å². The molecule has 3 heteroatoms. The number of carbonyl (C=O) groups is 1. The second-order valence-electron chi connectivity index (χ2n) is 6.38. The molecule has 0 atom stereocenters. The van der Waals surface area contributed by atoms with Crippen molar-refractivity contribution in [2.75, 3.05) is 13.1 Å². The van der Waals surface area contributed by atoms with Crippen molar-refractivity contribution in [3.8, 4) is 0 Å². The topological polar surface area (TPSA) is 49.3 Å². The van der Waals surface area contributed by atoms with E-state index < -0.39 is 5.97 Å². The summed E-state index contributed by atoms with van der Waals surface area (Å²) in [6.07, 6.45) is 13.4. The number of unbranched alkanes of at least 4 members (excludes halogenated alkanes) is 6. The molecule has 0 aromatic rings. The van der Waals surface area contributed by atoms with Gasteiger partial charge in [-0.2, -0.15) is 0 Å². The first-order valence-electron chi connectivity index (χ1n) is 8.67. The summed E-state index contributed by atoms with van der Waals surface area (Å²) < 4.78 is 0. The number of hydrogen-bond acceptors (Lipinski definition) is 2. The van der Waals surface area contributed by atoms with Gasteiger partial charge in [-0.05, 0) is 51.1 Å². The van der Waals surface area contributed by atoms with E-state index in [0.717, 1.165) is 38.8 Å². The maximum Gasteiger partial charge on any atom is 0.306 e. The Balaban J connectivity index is 1.86. The molecule has 0 radical (unpaired) electrons. The van der Waals surface area contributed by atoms with Crippen molar-refractivity contribution in [3.63, 3.8) is 0 Å². The Bertz CT molecular complexity index is 247.